The molecule has 1 saturated carbocycles. The van der Waals surface area contributed by atoms with Crippen molar-refractivity contribution in [2.75, 3.05) is 36.4 Å². The van der Waals surface area contributed by atoms with Crippen LogP contribution >= 0.6 is 11.3 Å². The van der Waals surface area contributed by atoms with E-state index in [-0.39, 0.29) is 6.03 Å². The van der Waals surface area contributed by atoms with Gasteiger partial charge in [-0.25, -0.2) is 4.79 Å². The Morgan fingerprint density at radius 3 is 2.59 bits per heavy atom. The highest BCUT2D eigenvalue weighted by Crippen LogP contribution is 2.25. The van der Waals surface area contributed by atoms with Gasteiger partial charge in [0.05, 0.1) is 0 Å². The van der Waals surface area contributed by atoms with E-state index in [0.717, 1.165) is 50.7 Å². The van der Waals surface area contributed by atoms with Crippen LogP contribution in [0.4, 0.5) is 15.1 Å². The molecule has 144 valence electrons. The van der Waals surface area contributed by atoms with Gasteiger partial charge in [0.2, 0.25) is 10.3 Å². The highest BCUT2D eigenvalue weighted by atomic mass is 32.1. The number of hydrogen-bond acceptors (Lipinski definition) is 7. The number of anilines is 2. The number of nitrogens with one attached hydrogen (secondary N) is 2. The first-order chi connectivity index (χ1) is 13.3. The van der Waals surface area contributed by atoms with Crippen molar-refractivity contribution in [1.82, 2.24) is 25.4 Å². The minimum Gasteiger partial charge on any atom is -0.344 e. The molecule has 4 rings (SSSR count). The Kier molecular flexibility index (Phi) is 5.78. The maximum Gasteiger partial charge on any atom is 0.321 e. The number of aromatic nitrogens is 3. The summed E-state index contributed by atoms with van der Waals surface area (Å²) in [7, 11) is 0. The van der Waals surface area contributed by atoms with Crippen LogP contribution in [0.2, 0.25) is 0 Å². The van der Waals surface area contributed by atoms with Crippen molar-refractivity contribution in [3.63, 3.8) is 0 Å². The lowest BCUT2D eigenvalue weighted by Gasteiger charge is -2.34. The van der Waals surface area contributed by atoms with Crippen LogP contribution in [0.15, 0.2) is 24.5 Å². The molecular weight excluding hydrogens is 362 g/mol. The lowest BCUT2D eigenvalue weighted by molar-refractivity contribution is 0.248. The van der Waals surface area contributed by atoms with Crippen molar-refractivity contribution in [3.8, 4) is 0 Å². The Morgan fingerprint density at radius 1 is 1.11 bits per heavy atom. The van der Waals surface area contributed by atoms with Gasteiger partial charge < -0.3 is 10.2 Å². The Balaban J connectivity index is 1.25. The first-order valence-electron chi connectivity index (χ1n) is 9.53. The normalized spacial score (nSPS) is 18.6. The second-order valence-electron chi connectivity index (χ2n) is 7.09. The standard InChI is InChI=1S/C18H25N7OS/c26-16(20-15-3-1-2-4-15)21-17-22-23-18(27-17)25-11-9-24(10-12-25)13-14-5-7-19-8-6-14/h5-8,15H,1-4,9-13H2,(H2,20,21,22,26). The summed E-state index contributed by atoms with van der Waals surface area (Å²) in [6, 6.07) is 4.25. The van der Waals surface area contributed by atoms with Crippen LogP contribution in [0.3, 0.4) is 0 Å². The van der Waals surface area contributed by atoms with Gasteiger partial charge in [0, 0.05) is 51.2 Å². The predicted octanol–water partition coefficient (Wildman–Crippen LogP) is 2.32. The van der Waals surface area contributed by atoms with E-state index in [1.165, 1.54) is 29.7 Å². The van der Waals surface area contributed by atoms with Gasteiger partial charge in [-0.2, -0.15) is 0 Å². The quantitative estimate of drug-likeness (QED) is 0.819. The van der Waals surface area contributed by atoms with Gasteiger partial charge in [0.1, 0.15) is 0 Å². The van der Waals surface area contributed by atoms with Gasteiger partial charge in [0.15, 0.2) is 0 Å². The third kappa shape index (κ3) is 4.92. The van der Waals surface area contributed by atoms with Crippen molar-refractivity contribution in [2.45, 2.75) is 38.3 Å². The number of rotatable bonds is 5. The minimum absolute atomic E-state index is 0.174. The predicted molar refractivity (Wildman–Crippen MR) is 106 cm³/mol. The molecule has 1 aliphatic carbocycles. The largest absolute Gasteiger partial charge is 0.344 e. The van der Waals surface area contributed by atoms with Crippen molar-refractivity contribution in [3.05, 3.63) is 30.1 Å². The van der Waals surface area contributed by atoms with Gasteiger partial charge in [-0.05, 0) is 30.5 Å². The smallest absolute Gasteiger partial charge is 0.321 e. The van der Waals surface area contributed by atoms with Crippen LogP contribution in [-0.4, -0.2) is 58.3 Å². The van der Waals surface area contributed by atoms with Gasteiger partial charge >= 0.3 is 6.03 Å². The third-order valence-corrected chi connectivity index (χ3v) is 6.02. The van der Waals surface area contributed by atoms with Crippen LogP contribution in [0, 0.1) is 0 Å². The van der Waals surface area contributed by atoms with Gasteiger partial charge in [-0.15, -0.1) is 10.2 Å². The number of carbonyl (C=O) groups excluding carboxylic acids is 1. The fraction of sp³-hybridized carbons (Fsp3) is 0.556. The van der Waals surface area contributed by atoms with E-state index >= 15 is 0 Å². The molecule has 2 fully saturated rings. The molecule has 2 amide bonds. The summed E-state index contributed by atoms with van der Waals surface area (Å²) in [5.74, 6) is 0. The van der Waals surface area contributed by atoms with Gasteiger partial charge in [-0.1, -0.05) is 24.2 Å². The highest BCUT2D eigenvalue weighted by molar-refractivity contribution is 7.19. The molecule has 0 spiro atoms. The summed E-state index contributed by atoms with van der Waals surface area (Å²) in [5.41, 5.74) is 1.29. The van der Waals surface area contributed by atoms with E-state index in [1.807, 2.05) is 12.4 Å². The Labute approximate surface area is 163 Å². The molecule has 0 radical (unpaired) electrons. The second-order valence-corrected chi connectivity index (χ2v) is 8.04. The molecule has 2 aliphatic rings. The average molecular weight is 388 g/mol. The molecule has 0 unspecified atom stereocenters. The van der Waals surface area contributed by atoms with E-state index in [1.54, 1.807) is 0 Å². The summed E-state index contributed by atoms with van der Waals surface area (Å²) in [6.07, 6.45) is 8.20. The SMILES string of the molecule is O=C(Nc1nnc(N2CCN(Cc3ccncc3)CC2)s1)NC1CCCC1. The van der Waals surface area contributed by atoms with Gasteiger partial charge in [-0.3, -0.25) is 15.2 Å². The topological polar surface area (TPSA) is 86.3 Å². The molecule has 0 aromatic carbocycles. The summed E-state index contributed by atoms with van der Waals surface area (Å²) in [6.45, 7) is 4.72. The van der Waals surface area contributed by atoms with Gasteiger partial charge in [0.25, 0.3) is 0 Å². The van der Waals surface area contributed by atoms with E-state index in [9.17, 15) is 4.79 Å². The Bertz CT molecular complexity index is 739. The molecule has 1 aliphatic heterocycles. The van der Waals surface area contributed by atoms with Crippen LogP contribution in [0.5, 0.6) is 0 Å². The van der Waals surface area contributed by atoms with E-state index < -0.39 is 0 Å². The zero-order valence-corrected chi connectivity index (χ0v) is 16.1. The van der Waals surface area contributed by atoms with Crippen molar-refractivity contribution in [2.24, 2.45) is 0 Å². The summed E-state index contributed by atoms with van der Waals surface area (Å²) >= 11 is 1.44. The number of carbonyl (C=O) groups is 1. The monoisotopic (exact) mass is 387 g/mol. The second kappa shape index (κ2) is 8.62. The van der Waals surface area contributed by atoms with Crippen molar-refractivity contribution < 1.29 is 4.79 Å². The van der Waals surface area contributed by atoms with Crippen molar-refractivity contribution >= 4 is 27.6 Å². The maximum atomic E-state index is 12.1. The molecule has 2 N–H and O–H groups in total. The summed E-state index contributed by atoms with van der Waals surface area (Å²) < 4.78 is 0. The molecule has 1 saturated heterocycles. The molecule has 0 bridgehead atoms. The average Bonchev–Trinajstić information content (AvgIpc) is 3.35. The number of amides is 2. The first-order valence-corrected chi connectivity index (χ1v) is 10.3. The molecule has 0 atom stereocenters. The van der Waals surface area contributed by atoms with E-state index in [0.29, 0.717) is 11.2 Å². The number of pyridine rings is 1. The number of hydrogen-bond donors (Lipinski definition) is 2. The minimum atomic E-state index is -0.174. The molecule has 3 heterocycles. The van der Waals surface area contributed by atoms with E-state index in [2.05, 4.69) is 47.7 Å². The summed E-state index contributed by atoms with van der Waals surface area (Å²) in [4.78, 5) is 20.8. The third-order valence-electron chi connectivity index (χ3n) is 5.12. The zero-order chi connectivity index (χ0) is 18.5. The lowest BCUT2D eigenvalue weighted by atomic mass is 10.2. The first kappa shape index (κ1) is 18.1. The zero-order valence-electron chi connectivity index (χ0n) is 15.3. The Hall–Kier alpha value is -2.26. The molecular formula is C18H25N7OS. The highest BCUT2D eigenvalue weighted by Gasteiger charge is 2.21. The molecule has 2 aromatic rings. The van der Waals surface area contributed by atoms with E-state index in [4.69, 9.17) is 0 Å². The fourth-order valence-electron chi connectivity index (χ4n) is 3.63. The Morgan fingerprint density at radius 2 is 1.85 bits per heavy atom. The number of urea groups is 1. The fourth-order valence-corrected chi connectivity index (χ4v) is 4.42. The number of piperazine rings is 1. The van der Waals surface area contributed by atoms with Crippen LogP contribution in [-0.2, 0) is 6.54 Å². The van der Waals surface area contributed by atoms with Crippen LogP contribution in [0.1, 0.15) is 31.2 Å². The molecule has 2 aromatic heterocycles. The van der Waals surface area contributed by atoms with Crippen LogP contribution in [0.25, 0.3) is 0 Å². The molecule has 8 nitrogen and oxygen atoms in total. The molecule has 9 heteroatoms. The molecule has 27 heavy (non-hydrogen) atoms. The van der Waals surface area contributed by atoms with Crippen molar-refractivity contribution in [1.29, 1.82) is 0 Å². The summed E-state index contributed by atoms with van der Waals surface area (Å²) in [5, 5.41) is 15.6. The number of nitrogens with zero attached hydrogens (tertiary/aromatic N) is 5. The lowest BCUT2D eigenvalue weighted by Crippen LogP contribution is -2.45. The maximum absolute atomic E-state index is 12.1. The van der Waals surface area contributed by atoms with Crippen LogP contribution < -0.4 is 15.5 Å².